The number of carbonyl (C=O) groups is 1. The molecule has 0 aliphatic heterocycles. The van der Waals surface area contributed by atoms with Gasteiger partial charge in [-0.05, 0) is 30.3 Å². The predicted molar refractivity (Wildman–Crippen MR) is 91.5 cm³/mol. The van der Waals surface area contributed by atoms with E-state index in [0.717, 1.165) is 0 Å². The second-order valence-corrected chi connectivity index (χ2v) is 5.31. The van der Waals surface area contributed by atoms with Gasteiger partial charge in [-0.15, -0.1) is 0 Å². The van der Waals surface area contributed by atoms with Crippen molar-refractivity contribution in [3.05, 3.63) is 89.8 Å². The van der Waals surface area contributed by atoms with Crippen molar-refractivity contribution in [2.45, 2.75) is 6.54 Å². The van der Waals surface area contributed by atoms with Crippen molar-refractivity contribution in [2.75, 3.05) is 5.32 Å². The van der Waals surface area contributed by atoms with Crippen molar-refractivity contribution < 1.29 is 13.6 Å². The van der Waals surface area contributed by atoms with Gasteiger partial charge in [0.1, 0.15) is 17.3 Å². The van der Waals surface area contributed by atoms with E-state index in [0.29, 0.717) is 16.9 Å². The Morgan fingerprint density at radius 1 is 0.920 bits per heavy atom. The third-order valence-electron chi connectivity index (χ3n) is 3.55. The molecule has 4 nitrogen and oxygen atoms in total. The van der Waals surface area contributed by atoms with Gasteiger partial charge in [0, 0.05) is 12.1 Å². The molecule has 126 valence electrons. The van der Waals surface area contributed by atoms with E-state index in [4.69, 9.17) is 0 Å². The van der Waals surface area contributed by atoms with Gasteiger partial charge in [-0.1, -0.05) is 30.3 Å². The molecule has 0 atom stereocenters. The molecule has 0 radical (unpaired) electrons. The van der Waals surface area contributed by atoms with Crippen LogP contribution in [0.5, 0.6) is 0 Å². The number of nitrogens with one attached hydrogen (secondary N) is 2. The average molecular weight is 339 g/mol. The lowest BCUT2D eigenvalue weighted by Gasteiger charge is -2.08. The van der Waals surface area contributed by atoms with Crippen LogP contribution < -0.4 is 10.6 Å². The average Bonchev–Trinajstić information content (AvgIpc) is 2.63. The van der Waals surface area contributed by atoms with Crippen molar-refractivity contribution in [1.29, 1.82) is 0 Å². The number of carbonyl (C=O) groups excluding carboxylic acids is 1. The molecule has 0 aliphatic carbocycles. The van der Waals surface area contributed by atoms with Gasteiger partial charge in [0.05, 0.1) is 17.6 Å². The van der Waals surface area contributed by atoms with Crippen LogP contribution >= 0.6 is 0 Å². The Kier molecular flexibility index (Phi) is 4.99. The van der Waals surface area contributed by atoms with Gasteiger partial charge < -0.3 is 10.6 Å². The number of para-hydroxylation sites is 1. The van der Waals surface area contributed by atoms with Crippen molar-refractivity contribution in [1.82, 2.24) is 10.3 Å². The van der Waals surface area contributed by atoms with E-state index in [1.165, 1.54) is 24.4 Å². The summed E-state index contributed by atoms with van der Waals surface area (Å²) < 4.78 is 27.1. The fraction of sp³-hybridized carbons (Fsp3) is 0.0526. The molecule has 0 saturated carbocycles. The third kappa shape index (κ3) is 4.17. The number of pyridine rings is 1. The number of hydrogen-bond acceptors (Lipinski definition) is 3. The zero-order chi connectivity index (χ0) is 17.6. The van der Waals surface area contributed by atoms with Gasteiger partial charge in [0.25, 0.3) is 5.91 Å². The molecule has 1 heterocycles. The largest absolute Gasteiger partial charge is 0.352 e. The Morgan fingerprint density at radius 2 is 1.64 bits per heavy atom. The minimum absolute atomic E-state index is 0.0718. The van der Waals surface area contributed by atoms with Crippen molar-refractivity contribution in [2.24, 2.45) is 0 Å². The quantitative estimate of drug-likeness (QED) is 0.738. The lowest BCUT2D eigenvalue weighted by Crippen LogP contribution is -2.24. The predicted octanol–water partition coefficient (Wildman–Crippen LogP) is 4.03. The Bertz CT molecular complexity index is 882. The number of nitrogens with zero attached hydrogens (tertiary/aromatic N) is 1. The Balaban J connectivity index is 1.63. The molecule has 1 aromatic heterocycles. The highest BCUT2D eigenvalue weighted by Crippen LogP contribution is 2.18. The van der Waals surface area contributed by atoms with Crippen LogP contribution in [0.3, 0.4) is 0 Å². The van der Waals surface area contributed by atoms with Crippen molar-refractivity contribution in [3.8, 4) is 0 Å². The highest BCUT2D eigenvalue weighted by Gasteiger charge is 2.09. The number of hydrogen-bond donors (Lipinski definition) is 2. The first kappa shape index (κ1) is 16.6. The van der Waals surface area contributed by atoms with Gasteiger partial charge in [0.2, 0.25) is 0 Å². The normalized spacial score (nSPS) is 10.3. The van der Waals surface area contributed by atoms with E-state index in [1.807, 2.05) is 0 Å². The lowest BCUT2D eigenvalue weighted by atomic mass is 10.2. The first-order valence-corrected chi connectivity index (χ1v) is 7.63. The van der Waals surface area contributed by atoms with E-state index in [2.05, 4.69) is 15.6 Å². The highest BCUT2D eigenvalue weighted by molar-refractivity contribution is 5.92. The summed E-state index contributed by atoms with van der Waals surface area (Å²) in [6.07, 6.45) is 1.43. The lowest BCUT2D eigenvalue weighted by molar-refractivity contribution is 0.0945. The number of anilines is 2. The van der Waals surface area contributed by atoms with Crippen LogP contribution in [-0.4, -0.2) is 10.9 Å². The summed E-state index contributed by atoms with van der Waals surface area (Å²) in [5.74, 6) is -1.17. The van der Waals surface area contributed by atoms with E-state index < -0.39 is 5.91 Å². The second-order valence-electron chi connectivity index (χ2n) is 5.31. The highest BCUT2D eigenvalue weighted by atomic mass is 19.1. The van der Waals surface area contributed by atoms with E-state index in [-0.39, 0.29) is 23.9 Å². The summed E-state index contributed by atoms with van der Waals surface area (Å²) in [7, 11) is 0. The minimum Gasteiger partial charge on any atom is -0.352 e. The van der Waals surface area contributed by atoms with E-state index >= 15 is 0 Å². The van der Waals surface area contributed by atoms with E-state index in [1.54, 1.807) is 42.5 Å². The topological polar surface area (TPSA) is 54.0 Å². The first-order valence-electron chi connectivity index (χ1n) is 7.63. The molecule has 0 bridgehead atoms. The Labute approximate surface area is 143 Å². The summed E-state index contributed by atoms with van der Waals surface area (Å²) in [6.45, 7) is 0.0718. The molecule has 0 aliphatic rings. The summed E-state index contributed by atoms with van der Waals surface area (Å²) >= 11 is 0. The van der Waals surface area contributed by atoms with Gasteiger partial charge in [-0.3, -0.25) is 4.79 Å². The monoisotopic (exact) mass is 339 g/mol. The maximum absolute atomic E-state index is 13.6. The number of benzene rings is 2. The van der Waals surface area contributed by atoms with Crippen LogP contribution in [-0.2, 0) is 6.54 Å². The Hall–Kier alpha value is -3.28. The summed E-state index contributed by atoms with van der Waals surface area (Å²) in [5, 5.41) is 5.50. The van der Waals surface area contributed by atoms with Crippen molar-refractivity contribution >= 4 is 17.3 Å². The van der Waals surface area contributed by atoms with Crippen LogP contribution in [0.15, 0.2) is 66.9 Å². The zero-order valence-electron chi connectivity index (χ0n) is 13.2. The zero-order valence-corrected chi connectivity index (χ0v) is 13.2. The van der Waals surface area contributed by atoms with Gasteiger partial charge in [-0.25, -0.2) is 13.8 Å². The maximum Gasteiger partial charge on any atom is 0.270 e. The SMILES string of the molecule is O=C(NCc1ccccc1F)c1ccc(Nc2ccccc2F)cn1. The van der Waals surface area contributed by atoms with E-state index in [9.17, 15) is 13.6 Å². The molecule has 0 fully saturated rings. The number of aromatic nitrogens is 1. The number of rotatable bonds is 5. The molecule has 0 saturated heterocycles. The van der Waals surface area contributed by atoms with Crippen LogP contribution in [0.1, 0.15) is 16.1 Å². The van der Waals surface area contributed by atoms with Gasteiger partial charge in [0.15, 0.2) is 0 Å². The number of amides is 1. The fourth-order valence-electron chi connectivity index (χ4n) is 2.23. The molecule has 1 amide bonds. The van der Waals surface area contributed by atoms with Crippen LogP contribution in [0.25, 0.3) is 0 Å². The van der Waals surface area contributed by atoms with Crippen LogP contribution in [0.4, 0.5) is 20.2 Å². The molecular formula is C19H15F2N3O. The minimum atomic E-state index is -0.416. The molecule has 0 unspecified atom stereocenters. The first-order chi connectivity index (χ1) is 12.1. The Morgan fingerprint density at radius 3 is 2.32 bits per heavy atom. The van der Waals surface area contributed by atoms with Crippen LogP contribution in [0, 0.1) is 11.6 Å². The number of halogens is 2. The summed E-state index contributed by atoms with van der Waals surface area (Å²) in [4.78, 5) is 16.1. The van der Waals surface area contributed by atoms with Crippen LogP contribution in [0.2, 0.25) is 0 Å². The molecule has 0 spiro atoms. The molecular weight excluding hydrogens is 324 g/mol. The van der Waals surface area contributed by atoms with Gasteiger partial charge >= 0.3 is 0 Å². The molecule has 3 rings (SSSR count). The standard InChI is InChI=1S/C19H15F2N3O/c20-15-6-2-1-5-13(15)11-23-19(25)18-10-9-14(12-22-18)24-17-8-4-3-7-16(17)21/h1-10,12,24H,11H2,(H,23,25). The third-order valence-corrected chi connectivity index (χ3v) is 3.55. The summed E-state index contributed by atoms with van der Waals surface area (Å²) in [5.41, 5.74) is 1.46. The molecule has 3 aromatic rings. The smallest absolute Gasteiger partial charge is 0.270 e. The molecule has 2 aromatic carbocycles. The van der Waals surface area contributed by atoms with Gasteiger partial charge in [-0.2, -0.15) is 0 Å². The molecule has 6 heteroatoms. The summed E-state index contributed by atoms with van der Waals surface area (Å²) in [6, 6.07) is 15.6. The molecule has 25 heavy (non-hydrogen) atoms. The molecule has 2 N–H and O–H groups in total. The van der Waals surface area contributed by atoms with Crippen molar-refractivity contribution in [3.63, 3.8) is 0 Å². The fourth-order valence-corrected chi connectivity index (χ4v) is 2.23. The maximum atomic E-state index is 13.6. The second kappa shape index (κ2) is 7.53.